The Morgan fingerprint density at radius 3 is 2.75 bits per heavy atom. The number of methoxy groups -OCH3 is 2. The molecule has 128 valence electrons. The molecule has 24 heavy (non-hydrogen) atoms. The van der Waals surface area contributed by atoms with E-state index < -0.39 is 5.30 Å². The van der Waals surface area contributed by atoms with Gasteiger partial charge in [-0.3, -0.25) is 4.79 Å². The van der Waals surface area contributed by atoms with Crippen LogP contribution in [0.3, 0.4) is 0 Å². The molecule has 0 aromatic heterocycles. The maximum atomic E-state index is 12.0. The Morgan fingerprint density at radius 2 is 2.12 bits per heavy atom. The van der Waals surface area contributed by atoms with Crippen molar-refractivity contribution in [3.05, 3.63) is 27.0 Å². The number of hydrogen-bond acceptors (Lipinski definition) is 8. The second-order valence-corrected chi connectivity index (χ2v) is 7.63. The number of halogens is 1. The van der Waals surface area contributed by atoms with E-state index in [-0.39, 0.29) is 17.4 Å². The highest BCUT2D eigenvalue weighted by molar-refractivity contribution is 14.1. The largest absolute Gasteiger partial charge is 0.493 e. The number of aliphatic imine (C=N–C) groups is 1. The highest BCUT2D eigenvalue weighted by Crippen LogP contribution is 2.36. The van der Waals surface area contributed by atoms with E-state index in [4.69, 9.17) is 14.2 Å². The van der Waals surface area contributed by atoms with Gasteiger partial charge in [0.25, 0.3) is 0 Å². The maximum absolute atomic E-state index is 12.0. The van der Waals surface area contributed by atoms with E-state index in [9.17, 15) is 9.59 Å². The van der Waals surface area contributed by atoms with Gasteiger partial charge in [0.2, 0.25) is 5.12 Å². The molecule has 1 aliphatic heterocycles. The molecule has 0 spiro atoms. The minimum absolute atomic E-state index is 0.216. The zero-order valence-corrected chi connectivity index (χ0v) is 16.9. The molecule has 1 aromatic rings. The van der Waals surface area contributed by atoms with Gasteiger partial charge in [0.05, 0.1) is 24.4 Å². The van der Waals surface area contributed by atoms with Crippen LogP contribution in [0, 0.1) is 3.57 Å². The number of nitrogens with zero attached hydrogens (tertiary/aromatic N) is 1. The molecule has 0 radical (unpaired) electrons. The minimum Gasteiger partial charge on any atom is -0.493 e. The van der Waals surface area contributed by atoms with Crippen molar-refractivity contribution in [2.75, 3.05) is 20.8 Å². The third kappa shape index (κ3) is 4.67. The summed E-state index contributed by atoms with van der Waals surface area (Å²) in [6.45, 7) is 2.00. The zero-order chi connectivity index (χ0) is 17.7. The van der Waals surface area contributed by atoms with Gasteiger partial charge < -0.3 is 14.2 Å². The SMILES string of the molecule is CCOC(=O)SC1=NC(=Cc2cc(I)c(OC)c(OC)c2)C(=O)S1. The molecular formula is C15H14INO5S2. The van der Waals surface area contributed by atoms with Crippen LogP contribution in [-0.2, 0) is 9.53 Å². The van der Waals surface area contributed by atoms with Crippen LogP contribution in [0.25, 0.3) is 6.08 Å². The average Bonchev–Trinajstić information content (AvgIpc) is 2.86. The lowest BCUT2D eigenvalue weighted by molar-refractivity contribution is -0.107. The summed E-state index contributed by atoms with van der Waals surface area (Å²) in [4.78, 5) is 27.7. The molecule has 0 fully saturated rings. The molecule has 0 saturated carbocycles. The minimum atomic E-state index is -0.474. The Kier molecular flexibility index (Phi) is 6.99. The van der Waals surface area contributed by atoms with E-state index in [0.717, 1.165) is 32.7 Å². The first-order valence-corrected chi connectivity index (χ1v) is 9.48. The molecule has 0 unspecified atom stereocenters. The maximum Gasteiger partial charge on any atom is 0.374 e. The Morgan fingerprint density at radius 1 is 1.38 bits per heavy atom. The quantitative estimate of drug-likeness (QED) is 0.365. The summed E-state index contributed by atoms with van der Waals surface area (Å²) in [6.07, 6.45) is 1.65. The summed E-state index contributed by atoms with van der Waals surface area (Å²) in [5, 5.41) is -0.690. The van der Waals surface area contributed by atoms with Crippen molar-refractivity contribution in [2.24, 2.45) is 4.99 Å². The van der Waals surface area contributed by atoms with Crippen molar-refractivity contribution in [3.63, 3.8) is 0 Å². The summed E-state index contributed by atoms with van der Waals surface area (Å²) >= 11 is 3.86. The average molecular weight is 479 g/mol. The summed E-state index contributed by atoms with van der Waals surface area (Å²) in [5.74, 6) is 1.20. The smallest absolute Gasteiger partial charge is 0.374 e. The molecule has 1 aliphatic rings. The van der Waals surface area contributed by atoms with Crippen molar-refractivity contribution in [1.82, 2.24) is 0 Å². The normalized spacial score (nSPS) is 15.4. The monoisotopic (exact) mass is 479 g/mol. The van der Waals surface area contributed by atoms with Gasteiger partial charge in [0.15, 0.2) is 11.5 Å². The van der Waals surface area contributed by atoms with Crippen LogP contribution >= 0.6 is 46.1 Å². The Balaban J connectivity index is 2.27. The van der Waals surface area contributed by atoms with E-state index in [1.807, 2.05) is 6.07 Å². The molecule has 1 heterocycles. The summed E-state index contributed by atoms with van der Waals surface area (Å²) in [6, 6.07) is 3.62. The predicted molar refractivity (Wildman–Crippen MR) is 105 cm³/mol. The lowest BCUT2D eigenvalue weighted by Crippen LogP contribution is -1.98. The van der Waals surface area contributed by atoms with Crippen molar-refractivity contribution < 1.29 is 23.8 Å². The topological polar surface area (TPSA) is 74.2 Å². The second kappa shape index (κ2) is 8.77. The van der Waals surface area contributed by atoms with Crippen molar-refractivity contribution in [3.8, 4) is 11.5 Å². The van der Waals surface area contributed by atoms with Gasteiger partial charge in [0, 0.05) is 11.8 Å². The van der Waals surface area contributed by atoms with Crippen LogP contribution < -0.4 is 9.47 Å². The van der Waals surface area contributed by atoms with E-state index in [0.29, 0.717) is 15.9 Å². The van der Waals surface area contributed by atoms with E-state index in [1.165, 1.54) is 0 Å². The first-order chi connectivity index (χ1) is 11.5. The molecule has 2 rings (SSSR count). The molecule has 0 N–H and O–H groups in total. The molecule has 0 atom stereocenters. The van der Waals surface area contributed by atoms with Gasteiger partial charge in [-0.15, -0.1) is 0 Å². The lowest BCUT2D eigenvalue weighted by atomic mass is 10.1. The molecule has 0 aliphatic carbocycles. The van der Waals surface area contributed by atoms with Crippen LogP contribution in [0.2, 0.25) is 0 Å². The van der Waals surface area contributed by atoms with Crippen LogP contribution in [-0.4, -0.2) is 35.6 Å². The second-order valence-electron chi connectivity index (χ2n) is 4.32. The third-order valence-electron chi connectivity index (χ3n) is 2.79. The molecule has 9 heteroatoms. The van der Waals surface area contributed by atoms with E-state index in [1.54, 1.807) is 33.3 Å². The van der Waals surface area contributed by atoms with Gasteiger partial charge in [-0.1, -0.05) is 0 Å². The number of carbonyl (C=O) groups is 2. The molecule has 0 saturated heterocycles. The van der Waals surface area contributed by atoms with E-state index >= 15 is 0 Å². The first kappa shape index (κ1) is 19.1. The standard InChI is InChI=1S/C15H14INO5S2/c1-4-22-15(19)24-14-17-10(13(18)23-14)6-8-5-9(16)12(21-3)11(7-8)20-2/h5-7H,4H2,1-3H3. The third-order valence-corrected chi connectivity index (χ3v) is 5.31. The Bertz CT molecular complexity index is 733. The molecular weight excluding hydrogens is 465 g/mol. The highest BCUT2D eigenvalue weighted by atomic mass is 127. The summed E-state index contributed by atoms with van der Waals surface area (Å²) < 4.78 is 16.6. The fraction of sp³-hybridized carbons (Fsp3) is 0.267. The fourth-order valence-corrected chi connectivity index (χ4v) is 4.25. The number of benzene rings is 1. The number of hydrogen-bond donors (Lipinski definition) is 0. The zero-order valence-electron chi connectivity index (χ0n) is 13.1. The van der Waals surface area contributed by atoms with Gasteiger partial charge in [-0.2, -0.15) is 0 Å². The van der Waals surface area contributed by atoms with Crippen molar-refractivity contribution in [2.45, 2.75) is 6.92 Å². The number of carbonyl (C=O) groups excluding carboxylic acids is 2. The number of rotatable bonds is 4. The number of ether oxygens (including phenoxy) is 3. The van der Waals surface area contributed by atoms with Crippen molar-refractivity contribution in [1.29, 1.82) is 0 Å². The van der Waals surface area contributed by atoms with Gasteiger partial charge in [-0.25, -0.2) is 9.79 Å². The van der Waals surface area contributed by atoms with Gasteiger partial charge >= 0.3 is 5.30 Å². The predicted octanol–water partition coefficient (Wildman–Crippen LogP) is 4.17. The van der Waals surface area contributed by atoms with E-state index in [2.05, 4.69) is 27.6 Å². The van der Waals surface area contributed by atoms with Crippen LogP contribution in [0.15, 0.2) is 22.8 Å². The fourth-order valence-electron chi connectivity index (χ4n) is 1.83. The van der Waals surface area contributed by atoms with Crippen LogP contribution in [0.4, 0.5) is 4.79 Å². The summed E-state index contributed by atoms with van der Waals surface area (Å²) in [7, 11) is 3.12. The first-order valence-electron chi connectivity index (χ1n) is 6.77. The van der Waals surface area contributed by atoms with Crippen LogP contribution in [0.1, 0.15) is 12.5 Å². The van der Waals surface area contributed by atoms with Crippen molar-refractivity contribution >= 4 is 67.0 Å². The van der Waals surface area contributed by atoms with Gasteiger partial charge in [-0.05, 0) is 65.0 Å². The lowest BCUT2D eigenvalue weighted by Gasteiger charge is -2.10. The highest BCUT2D eigenvalue weighted by Gasteiger charge is 2.25. The molecule has 0 bridgehead atoms. The Labute approximate surface area is 161 Å². The van der Waals surface area contributed by atoms with Crippen LogP contribution in [0.5, 0.6) is 11.5 Å². The molecule has 0 amide bonds. The molecule has 6 nitrogen and oxygen atoms in total. The van der Waals surface area contributed by atoms with Gasteiger partial charge in [0.1, 0.15) is 10.1 Å². The number of thioether (sulfide) groups is 2. The Hall–Kier alpha value is -1.20. The summed E-state index contributed by atoms with van der Waals surface area (Å²) in [5.41, 5.74) is 1.03. The molecule has 1 aromatic carbocycles.